The quantitative estimate of drug-likeness (QED) is 0.862. The topological polar surface area (TPSA) is 62.2 Å². The third-order valence-corrected chi connectivity index (χ3v) is 4.46. The third-order valence-electron chi connectivity index (χ3n) is 3.17. The second-order valence-electron chi connectivity index (χ2n) is 5.17. The van der Waals surface area contributed by atoms with E-state index in [1.807, 2.05) is 30.3 Å². The standard InChI is InChI=1S/C16H20N2O2S/c1-11(2)16-17-10-14(21-16)15(20)18-13(8-9-19)12-6-4-3-5-7-12/h3-7,10-11,13,19H,8-9H2,1-2H3,(H,18,20). The van der Waals surface area contributed by atoms with Gasteiger partial charge in [-0.15, -0.1) is 11.3 Å². The summed E-state index contributed by atoms with van der Waals surface area (Å²) in [7, 11) is 0. The predicted octanol–water partition coefficient (Wildman–Crippen LogP) is 3.12. The molecule has 0 aliphatic heterocycles. The molecule has 0 aliphatic carbocycles. The van der Waals surface area contributed by atoms with E-state index < -0.39 is 0 Å². The number of aliphatic hydroxyl groups is 1. The van der Waals surface area contributed by atoms with Gasteiger partial charge in [-0.25, -0.2) is 4.98 Å². The molecule has 21 heavy (non-hydrogen) atoms. The molecular weight excluding hydrogens is 284 g/mol. The summed E-state index contributed by atoms with van der Waals surface area (Å²) in [5.41, 5.74) is 0.994. The van der Waals surface area contributed by atoms with Crippen LogP contribution in [-0.4, -0.2) is 22.6 Å². The van der Waals surface area contributed by atoms with Gasteiger partial charge in [-0.3, -0.25) is 4.79 Å². The Labute approximate surface area is 128 Å². The average molecular weight is 304 g/mol. The lowest BCUT2D eigenvalue weighted by atomic mass is 10.0. The fraction of sp³-hybridized carbons (Fsp3) is 0.375. The van der Waals surface area contributed by atoms with E-state index in [0.717, 1.165) is 10.6 Å². The molecule has 1 aromatic heterocycles. The predicted molar refractivity (Wildman–Crippen MR) is 84.6 cm³/mol. The molecule has 4 nitrogen and oxygen atoms in total. The number of nitrogens with zero attached hydrogens (tertiary/aromatic N) is 1. The van der Waals surface area contributed by atoms with Crippen LogP contribution in [0.5, 0.6) is 0 Å². The number of hydrogen-bond acceptors (Lipinski definition) is 4. The molecule has 0 bridgehead atoms. The van der Waals surface area contributed by atoms with Gasteiger partial charge < -0.3 is 10.4 Å². The lowest BCUT2D eigenvalue weighted by Crippen LogP contribution is -2.28. The molecule has 5 heteroatoms. The lowest BCUT2D eigenvalue weighted by Gasteiger charge is -2.17. The minimum Gasteiger partial charge on any atom is -0.396 e. The molecule has 1 heterocycles. The van der Waals surface area contributed by atoms with E-state index in [-0.39, 0.29) is 18.6 Å². The average Bonchev–Trinajstić information content (AvgIpc) is 2.98. The van der Waals surface area contributed by atoms with Crippen LogP contribution in [0.4, 0.5) is 0 Å². The highest BCUT2D eigenvalue weighted by molar-refractivity contribution is 7.13. The van der Waals surface area contributed by atoms with Crippen molar-refractivity contribution in [3.05, 3.63) is 52.0 Å². The third kappa shape index (κ3) is 4.12. The van der Waals surface area contributed by atoms with Crippen LogP contribution in [-0.2, 0) is 0 Å². The summed E-state index contributed by atoms with van der Waals surface area (Å²) >= 11 is 1.42. The van der Waals surface area contributed by atoms with Gasteiger partial charge in [-0.1, -0.05) is 44.2 Å². The highest BCUT2D eigenvalue weighted by Crippen LogP contribution is 2.22. The molecule has 112 valence electrons. The molecule has 2 rings (SSSR count). The molecule has 0 radical (unpaired) electrons. The SMILES string of the molecule is CC(C)c1ncc(C(=O)NC(CCO)c2ccccc2)s1. The van der Waals surface area contributed by atoms with Gasteiger partial charge in [0.25, 0.3) is 5.91 Å². The first-order valence-corrected chi connectivity index (χ1v) is 7.86. The van der Waals surface area contributed by atoms with Crippen molar-refractivity contribution in [2.75, 3.05) is 6.61 Å². The first-order valence-electron chi connectivity index (χ1n) is 7.04. The first kappa shape index (κ1) is 15.7. The normalized spacial score (nSPS) is 12.4. The number of nitrogens with one attached hydrogen (secondary N) is 1. The second kappa shape index (κ2) is 7.33. The molecule has 0 fully saturated rings. The summed E-state index contributed by atoms with van der Waals surface area (Å²) in [5.74, 6) is 0.181. The number of benzene rings is 1. The first-order chi connectivity index (χ1) is 10.1. The minimum absolute atomic E-state index is 0.0276. The number of carbonyl (C=O) groups excluding carboxylic acids is 1. The second-order valence-corrected chi connectivity index (χ2v) is 6.23. The van der Waals surface area contributed by atoms with Crippen molar-refractivity contribution in [2.24, 2.45) is 0 Å². The van der Waals surface area contributed by atoms with E-state index in [9.17, 15) is 9.90 Å². The number of aliphatic hydroxyl groups excluding tert-OH is 1. The van der Waals surface area contributed by atoms with Crippen molar-refractivity contribution in [2.45, 2.75) is 32.2 Å². The van der Waals surface area contributed by atoms with Gasteiger partial charge in [0.05, 0.1) is 17.2 Å². The molecule has 1 aromatic carbocycles. The maximum absolute atomic E-state index is 12.3. The van der Waals surface area contributed by atoms with E-state index in [0.29, 0.717) is 17.2 Å². The molecule has 2 N–H and O–H groups in total. The van der Waals surface area contributed by atoms with Crippen molar-refractivity contribution in [3.8, 4) is 0 Å². The number of aromatic nitrogens is 1. The van der Waals surface area contributed by atoms with Crippen LogP contribution < -0.4 is 5.32 Å². The fourth-order valence-electron chi connectivity index (χ4n) is 2.03. The Morgan fingerprint density at radius 1 is 1.33 bits per heavy atom. The Morgan fingerprint density at radius 3 is 2.62 bits per heavy atom. The van der Waals surface area contributed by atoms with Crippen LogP contribution in [0.2, 0.25) is 0 Å². The van der Waals surface area contributed by atoms with Crippen LogP contribution in [0.3, 0.4) is 0 Å². The van der Waals surface area contributed by atoms with Gasteiger partial charge in [0.1, 0.15) is 4.88 Å². The summed E-state index contributed by atoms with van der Waals surface area (Å²) in [5, 5.41) is 13.1. The Bertz CT molecular complexity index is 581. The van der Waals surface area contributed by atoms with E-state index in [4.69, 9.17) is 0 Å². The zero-order valence-corrected chi connectivity index (χ0v) is 13.1. The van der Waals surface area contributed by atoms with Gasteiger partial charge in [0.2, 0.25) is 0 Å². The highest BCUT2D eigenvalue weighted by Gasteiger charge is 2.17. The van der Waals surface area contributed by atoms with E-state index in [1.54, 1.807) is 6.20 Å². The molecule has 0 saturated heterocycles. The van der Waals surface area contributed by atoms with Gasteiger partial charge in [-0.05, 0) is 12.0 Å². The van der Waals surface area contributed by atoms with Crippen molar-refractivity contribution in [3.63, 3.8) is 0 Å². The molecular formula is C16H20N2O2S. The van der Waals surface area contributed by atoms with Crippen LogP contribution in [0.25, 0.3) is 0 Å². The van der Waals surface area contributed by atoms with Crippen LogP contribution in [0.1, 0.15) is 52.5 Å². The largest absolute Gasteiger partial charge is 0.396 e. The van der Waals surface area contributed by atoms with Gasteiger partial charge in [-0.2, -0.15) is 0 Å². The molecule has 1 amide bonds. The smallest absolute Gasteiger partial charge is 0.263 e. The highest BCUT2D eigenvalue weighted by atomic mass is 32.1. The zero-order chi connectivity index (χ0) is 15.2. The van der Waals surface area contributed by atoms with Crippen molar-refractivity contribution in [1.82, 2.24) is 10.3 Å². The molecule has 0 saturated carbocycles. The van der Waals surface area contributed by atoms with Crippen molar-refractivity contribution in [1.29, 1.82) is 0 Å². The van der Waals surface area contributed by atoms with Crippen LogP contribution in [0.15, 0.2) is 36.5 Å². The van der Waals surface area contributed by atoms with Gasteiger partial charge in [0, 0.05) is 12.5 Å². The van der Waals surface area contributed by atoms with Crippen LogP contribution in [0, 0.1) is 0 Å². The molecule has 0 aliphatic rings. The number of carbonyl (C=O) groups is 1. The number of hydrogen-bond donors (Lipinski definition) is 2. The Hall–Kier alpha value is -1.72. The van der Waals surface area contributed by atoms with E-state index in [2.05, 4.69) is 24.1 Å². The van der Waals surface area contributed by atoms with Crippen LogP contribution >= 0.6 is 11.3 Å². The van der Waals surface area contributed by atoms with Gasteiger partial charge >= 0.3 is 0 Å². The van der Waals surface area contributed by atoms with E-state index >= 15 is 0 Å². The fourth-order valence-corrected chi connectivity index (χ4v) is 2.85. The molecule has 1 unspecified atom stereocenters. The summed E-state index contributed by atoms with van der Waals surface area (Å²) in [6.45, 7) is 4.14. The van der Waals surface area contributed by atoms with Gasteiger partial charge in [0.15, 0.2) is 0 Å². The van der Waals surface area contributed by atoms with Crippen molar-refractivity contribution >= 4 is 17.2 Å². The van der Waals surface area contributed by atoms with Crippen molar-refractivity contribution < 1.29 is 9.90 Å². The zero-order valence-electron chi connectivity index (χ0n) is 12.2. The summed E-state index contributed by atoms with van der Waals surface area (Å²) < 4.78 is 0. The Morgan fingerprint density at radius 2 is 2.05 bits per heavy atom. The Kier molecular flexibility index (Phi) is 5.47. The summed E-state index contributed by atoms with van der Waals surface area (Å²) in [4.78, 5) is 17.2. The number of amides is 1. The summed E-state index contributed by atoms with van der Waals surface area (Å²) in [6.07, 6.45) is 2.11. The maximum Gasteiger partial charge on any atom is 0.263 e. The minimum atomic E-state index is -0.187. The maximum atomic E-state index is 12.3. The monoisotopic (exact) mass is 304 g/mol. The number of rotatable bonds is 6. The molecule has 1 atom stereocenters. The Balaban J connectivity index is 2.11. The molecule has 2 aromatic rings. The summed E-state index contributed by atoms with van der Waals surface area (Å²) in [6, 6.07) is 9.50. The van der Waals surface area contributed by atoms with E-state index in [1.165, 1.54) is 11.3 Å². The molecule has 0 spiro atoms. The number of thiazole rings is 1. The lowest BCUT2D eigenvalue weighted by molar-refractivity contribution is 0.0934.